The molecule has 0 unspecified atom stereocenters. The molecule has 0 aromatic carbocycles. The third-order valence-corrected chi connectivity index (χ3v) is 3.32. The normalized spacial score (nSPS) is 11.1. The fourth-order valence-corrected chi connectivity index (χ4v) is 2.13. The van der Waals surface area contributed by atoms with Crippen LogP contribution in [0.2, 0.25) is 0 Å². The second kappa shape index (κ2) is 4.62. The van der Waals surface area contributed by atoms with E-state index in [-0.39, 0.29) is 11.4 Å². The molecule has 0 saturated carbocycles. The molecule has 4 aromatic heterocycles. The summed E-state index contributed by atoms with van der Waals surface area (Å²) < 4.78 is 8.53. The number of fused-ring (bicyclic) bond motifs is 1. The van der Waals surface area contributed by atoms with Crippen molar-refractivity contribution in [1.29, 1.82) is 0 Å². The number of pyridine rings is 1. The molecule has 4 heterocycles. The molecule has 108 valence electrons. The molecule has 8 nitrogen and oxygen atoms in total. The SMILES string of the molecule is Cn1ccc(-c2nc(-c3cnc4cnccn34)no2)cc1=O. The van der Waals surface area contributed by atoms with E-state index in [1.807, 2.05) is 4.40 Å². The second-order valence-electron chi connectivity index (χ2n) is 4.74. The van der Waals surface area contributed by atoms with Gasteiger partial charge in [0.15, 0.2) is 5.65 Å². The molecule has 0 radical (unpaired) electrons. The predicted octanol–water partition coefficient (Wildman–Crippen LogP) is 1.14. The number of nitrogens with zero attached hydrogens (tertiary/aromatic N) is 6. The fraction of sp³-hybridized carbons (Fsp3) is 0.0714. The summed E-state index contributed by atoms with van der Waals surface area (Å²) in [5.74, 6) is 0.686. The van der Waals surface area contributed by atoms with Gasteiger partial charge in [0, 0.05) is 37.3 Å². The van der Waals surface area contributed by atoms with E-state index in [4.69, 9.17) is 4.52 Å². The number of imidazole rings is 1. The van der Waals surface area contributed by atoms with Gasteiger partial charge in [0.2, 0.25) is 5.82 Å². The highest BCUT2D eigenvalue weighted by Crippen LogP contribution is 2.21. The smallest absolute Gasteiger partial charge is 0.258 e. The van der Waals surface area contributed by atoms with Crippen molar-refractivity contribution >= 4 is 5.65 Å². The van der Waals surface area contributed by atoms with Crippen LogP contribution in [0.4, 0.5) is 0 Å². The van der Waals surface area contributed by atoms with Crippen molar-refractivity contribution in [1.82, 2.24) is 29.1 Å². The van der Waals surface area contributed by atoms with Crippen molar-refractivity contribution in [2.75, 3.05) is 0 Å². The van der Waals surface area contributed by atoms with Gasteiger partial charge < -0.3 is 9.09 Å². The number of hydrogen-bond donors (Lipinski definition) is 0. The quantitative estimate of drug-likeness (QED) is 0.550. The van der Waals surface area contributed by atoms with E-state index in [1.54, 1.807) is 44.1 Å². The van der Waals surface area contributed by atoms with Crippen LogP contribution in [-0.2, 0) is 7.05 Å². The summed E-state index contributed by atoms with van der Waals surface area (Å²) in [7, 11) is 1.68. The number of rotatable bonds is 2. The second-order valence-corrected chi connectivity index (χ2v) is 4.74. The molecule has 0 aliphatic heterocycles. The van der Waals surface area contributed by atoms with Crippen LogP contribution in [-0.4, -0.2) is 29.1 Å². The summed E-state index contributed by atoms with van der Waals surface area (Å²) in [6.45, 7) is 0. The third kappa shape index (κ3) is 1.89. The maximum atomic E-state index is 11.7. The van der Waals surface area contributed by atoms with E-state index in [0.717, 1.165) is 0 Å². The van der Waals surface area contributed by atoms with Gasteiger partial charge in [-0.05, 0) is 6.07 Å². The summed E-state index contributed by atoms with van der Waals surface area (Å²) >= 11 is 0. The van der Waals surface area contributed by atoms with E-state index in [9.17, 15) is 4.79 Å². The van der Waals surface area contributed by atoms with Gasteiger partial charge in [-0.15, -0.1) is 0 Å². The van der Waals surface area contributed by atoms with E-state index in [0.29, 0.717) is 22.7 Å². The van der Waals surface area contributed by atoms with Crippen molar-refractivity contribution < 1.29 is 4.52 Å². The first-order chi connectivity index (χ1) is 10.7. The highest BCUT2D eigenvalue weighted by Gasteiger charge is 2.14. The molecule has 0 spiro atoms. The zero-order valence-electron chi connectivity index (χ0n) is 11.5. The Balaban J connectivity index is 1.81. The van der Waals surface area contributed by atoms with E-state index in [2.05, 4.69) is 20.1 Å². The largest absolute Gasteiger partial charge is 0.334 e. The first-order valence-electron chi connectivity index (χ1n) is 6.50. The maximum Gasteiger partial charge on any atom is 0.258 e. The van der Waals surface area contributed by atoms with E-state index in [1.165, 1.54) is 10.6 Å². The Labute approximate surface area is 123 Å². The van der Waals surface area contributed by atoms with Gasteiger partial charge >= 0.3 is 0 Å². The molecular formula is C14H10N6O2. The van der Waals surface area contributed by atoms with Gasteiger partial charge in [0.25, 0.3) is 11.4 Å². The van der Waals surface area contributed by atoms with Gasteiger partial charge in [-0.2, -0.15) is 4.98 Å². The minimum absolute atomic E-state index is 0.141. The summed E-state index contributed by atoms with van der Waals surface area (Å²) in [5.41, 5.74) is 1.82. The number of aryl methyl sites for hydroxylation is 1. The summed E-state index contributed by atoms with van der Waals surface area (Å²) in [5, 5.41) is 3.96. The lowest BCUT2D eigenvalue weighted by atomic mass is 10.2. The lowest BCUT2D eigenvalue weighted by Gasteiger charge is -1.97. The van der Waals surface area contributed by atoms with Crippen molar-refractivity contribution in [3.63, 3.8) is 0 Å². The highest BCUT2D eigenvalue weighted by molar-refractivity contribution is 5.59. The van der Waals surface area contributed by atoms with Gasteiger partial charge in [-0.1, -0.05) is 5.16 Å². The Bertz CT molecular complexity index is 1030. The van der Waals surface area contributed by atoms with Gasteiger partial charge in [-0.3, -0.25) is 14.2 Å². The van der Waals surface area contributed by atoms with Crippen molar-refractivity contribution in [2.45, 2.75) is 0 Å². The molecule has 0 fully saturated rings. The monoisotopic (exact) mass is 294 g/mol. The van der Waals surface area contributed by atoms with Crippen molar-refractivity contribution in [3.8, 4) is 23.0 Å². The summed E-state index contributed by atoms with van der Waals surface area (Å²) in [6.07, 6.45) is 8.37. The Morgan fingerprint density at radius 1 is 1.23 bits per heavy atom. The zero-order chi connectivity index (χ0) is 15.1. The molecule has 0 bridgehead atoms. The van der Waals surface area contributed by atoms with Gasteiger partial charge in [0.05, 0.1) is 12.4 Å². The Kier molecular flexibility index (Phi) is 2.62. The first kappa shape index (κ1) is 12.5. The molecular weight excluding hydrogens is 284 g/mol. The van der Waals surface area contributed by atoms with Crippen molar-refractivity contribution in [3.05, 3.63) is 53.5 Å². The highest BCUT2D eigenvalue weighted by atomic mass is 16.5. The van der Waals surface area contributed by atoms with Crippen LogP contribution in [0, 0.1) is 0 Å². The van der Waals surface area contributed by atoms with E-state index >= 15 is 0 Å². The van der Waals surface area contributed by atoms with Gasteiger partial charge in [0.1, 0.15) is 5.69 Å². The molecule has 0 N–H and O–H groups in total. The fourth-order valence-electron chi connectivity index (χ4n) is 2.13. The van der Waals surface area contributed by atoms with Crippen molar-refractivity contribution in [2.24, 2.45) is 7.05 Å². The Morgan fingerprint density at radius 2 is 2.14 bits per heavy atom. The zero-order valence-corrected chi connectivity index (χ0v) is 11.5. The molecule has 0 amide bonds. The lowest BCUT2D eigenvalue weighted by molar-refractivity contribution is 0.432. The third-order valence-electron chi connectivity index (χ3n) is 3.32. The molecule has 4 rings (SSSR count). The minimum Gasteiger partial charge on any atom is -0.334 e. The van der Waals surface area contributed by atoms with Crippen LogP contribution in [0.15, 0.2) is 52.4 Å². The number of aromatic nitrogens is 6. The first-order valence-corrected chi connectivity index (χ1v) is 6.50. The van der Waals surface area contributed by atoms with Crippen LogP contribution >= 0.6 is 0 Å². The average Bonchev–Trinajstić information content (AvgIpc) is 3.16. The van der Waals surface area contributed by atoms with E-state index < -0.39 is 0 Å². The Morgan fingerprint density at radius 3 is 3.00 bits per heavy atom. The standard InChI is InChI=1S/C14H10N6O2/c1-19-4-2-9(6-12(19)21)14-17-13(18-22-14)10-7-16-11-8-15-3-5-20(10)11/h2-8H,1H3. The molecule has 22 heavy (non-hydrogen) atoms. The molecule has 0 saturated heterocycles. The molecule has 0 aliphatic carbocycles. The number of hydrogen-bond acceptors (Lipinski definition) is 6. The predicted molar refractivity (Wildman–Crippen MR) is 77.0 cm³/mol. The van der Waals surface area contributed by atoms with Crippen LogP contribution in [0.25, 0.3) is 28.6 Å². The van der Waals surface area contributed by atoms with Crippen LogP contribution in [0.1, 0.15) is 0 Å². The van der Waals surface area contributed by atoms with Gasteiger partial charge in [-0.25, -0.2) is 4.98 Å². The summed E-state index contributed by atoms with van der Waals surface area (Å²) in [6, 6.07) is 3.20. The summed E-state index contributed by atoms with van der Waals surface area (Å²) in [4.78, 5) is 24.2. The average molecular weight is 294 g/mol. The van der Waals surface area contributed by atoms with Crippen LogP contribution in [0.3, 0.4) is 0 Å². The molecule has 4 aromatic rings. The topological polar surface area (TPSA) is 91.1 Å². The molecule has 8 heteroatoms. The minimum atomic E-state index is -0.141. The molecule has 0 aliphatic rings. The van der Waals surface area contributed by atoms with Crippen LogP contribution < -0.4 is 5.56 Å². The maximum absolute atomic E-state index is 11.7. The molecule has 0 atom stereocenters. The van der Waals surface area contributed by atoms with Crippen LogP contribution in [0.5, 0.6) is 0 Å². The Hall–Kier alpha value is -3.29. The lowest BCUT2D eigenvalue weighted by Crippen LogP contribution is -2.14.